The molecular formula is C19H32O8. The minimum atomic E-state index is -1.04. The summed E-state index contributed by atoms with van der Waals surface area (Å²) in [6, 6.07) is 0. The van der Waals surface area contributed by atoms with Crippen LogP contribution in [0.15, 0.2) is 11.8 Å². The van der Waals surface area contributed by atoms with Crippen LogP contribution in [0.25, 0.3) is 0 Å². The number of carbonyl (C=O) groups excluding carboxylic acids is 1. The van der Waals surface area contributed by atoms with E-state index in [9.17, 15) is 9.90 Å². The lowest BCUT2D eigenvalue weighted by molar-refractivity contribution is -0.192. The molecular weight excluding hydrogens is 356 g/mol. The molecule has 2 fully saturated rings. The molecule has 8 heteroatoms. The first kappa shape index (κ1) is 22.1. The van der Waals surface area contributed by atoms with Gasteiger partial charge in [-0.05, 0) is 41.5 Å². The van der Waals surface area contributed by atoms with Crippen LogP contribution in [0.4, 0.5) is 0 Å². The highest BCUT2D eigenvalue weighted by Crippen LogP contribution is 2.42. The number of carbonyl (C=O) groups is 1. The number of ether oxygens (including phenoxy) is 6. The topological polar surface area (TPSA) is 92.7 Å². The first-order chi connectivity index (χ1) is 12.5. The lowest BCUT2D eigenvalue weighted by Gasteiger charge is -2.31. The average molecular weight is 388 g/mol. The maximum atomic E-state index is 11.7. The van der Waals surface area contributed by atoms with Crippen LogP contribution in [-0.4, -0.2) is 73.3 Å². The van der Waals surface area contributed by atoms with Gasteiger partial charge in [-0.3, -0.25) is 0 Å². The first-order valence-electron chi connectivity index (χ1n) is 9.31. The minimum Gasteiger partial charge on any atom is -0.486 e. The molecule has 0 amide bonds. The summed E-state index contributed by atoms with van der Waals surface area (Å²) in [5, 5.41) is 11.0. The fourth-order valence-electron chi connectivity index (χ4n) is 3.16. The molecule has 2 aliphatic rings. The maximum Gasteiger partial charge on any atom is 0.333 e. The lowest BCUT2D eigenvalue weighted by Crippen LogP contribution is -2.48. The largest absolute Gasteiger partial charge is 0.486 e. The van der Waals surface area contributed by atoms with Gasteiger partial charge in [0, 0.05) is 0 Å². The smallest absolute Gasteiger partial charge is 0.333 e. The van der Waals surface area contributed by atoms with Crippen LogP contribution in [0.2, 0.25) is 0 Å². The molecule has 2 saturated heterocycles. The Morgan fingerprint density at radius 1 is 1.22 bits per heavy atom. The van der Waals surface area contributed by atoms with Crippen LogP contribution in [-0.2, 0) is 33.2 Å². The second kappa shape index (κ2) is 8.87. The molecule has 2 aliphatic heterocycles. The molecule has 27 heavy (non-hydrogen) atoms. The highest BCUT2D eigenvalue weighted by molar-refractivity contribution is 5.82. The quantitative estimate of drug-likeness (QED) is 0.494. The highest BCUT2D eigenvalue weighted by atomic mass is 16.8. The van der Waals surface area contributed by atoms with Crippen molar-refractivity contribution in [2.24, 2.45) is 0 Å². The van der Waals surface area contributed by atoms with Crippen molar-refractivity contribution in [1.82, 2.24) is 0 Å². The zero-order chi connectivity index (χ0) is 20.4. The number of esters is 1. The van der Waals surface area contributed by atoms with Gasteiger partial charge in [0.15, 0.2) is 11.9 Å². The van der Waals surface area contributed by atoms with Crippen LogP contribution in [0, 0.1) is 0 Å². The first-order valence-corrected chi connectivity index (χ1v) is 9.31. The molecule has 5 atom stereocenters. The fourth-order valence-corrected chi connectivity index (χ4v) is 3.16. The maximum absolute atomic E-state index is 11.7. The van der Waals surface area contributed by atoms with Crippen molar-refractivity contribution in [3.63, 3.8) is 0 Å². The average Bonchev–Trinajstić information content (AvgIpc) is 3.04. The summed E-state index contributed by atoms with van der Waals surface area (Å²) in [5.41, 5.74) is 0. The number of hydrogen-bond acceptors (Lipinski definition) is 8. The molecule has 0 unspecified atom stereocenters. The van der Waals surface area contributed by atoms with Crippen LogP contribution in [0.1, 0.15) is 41.5 Å². The second-order valence-corrected chi connectivity index (χ2v) is 7.77. The molecule has 2 heterocycles. The Labute approximate surface area is 160 Å². The van der Waals surface area contributed by atoms with Crippen molar-refractivity contribution in [3.8, 4) is 0 Å². The lowest BCUT2D eigenvalue weighted by atomic mass is 10.0. The van der Waals surface area contributed by atoms with E-state index in [1.165, 1.54) is 13.2 Å². The number of hydrogen-bond donors (Lipinski definition) is 1. The molecule has 2 rings (SSSR count). The van der Waals surface area contributed by atoms with Crippen molar-refractivity contribution in [2.45, 2.75) is 90.1 Å². The Hall–Kier alpha value is -1.19. The van der Waals surface area contributed by atoms with Crippen molar-refractivity contribution in [2.75, 3.05) is 13.7 Å². The third-order valence-electron chi connectivity index (χ3n) is 4.23. The summed E-state index contributed by atoms with van der Waals surface area (Å²) >= 11 is 0. The van der Waals surface area contributed by atoms with Crippen LogP contribution >= 0.6 is 0 Å². The van der Waals surface area contributed by atoms with Gasteiger partial charge >= 0.3 is 5.97 Å². The molecule has 8 nitrogen and oxygen atoms in total. The third kappa shape index (κ3) is 5.65. The van der Waals surface area contributed by atoms with Gasteiger partial charge in [0.05, 0.1) is 32.0 Å². The van der Waals surface area contributed by atoms with Crippen LogP contribution < -0.4 is 0 Å². The second-order valence-electron chi connectivity index (χ2n) is 7.77. The van der Waals surface area contributed by atoms with E-state index in [-0.39, 0.29) is 24.6 Å². The van der Waals surface area contributed by atoms with Gasteiger partial charge in [-0.2, -0.15) is 0 Å². The molecule has 0 spiro atoms. The predicted octanol–water partition coefficient (Wildman–Crippen LogP) is 1.54. The van der Waals surface area contributed by atoms with E-state index in [1.807, 2.05) is 27.7 Å². The Morgan fingerprint density at radius 2 is 1.89 bits per heavy atom. The van der Waals surface area contributed by atoms with Gasteiger partial charge in [-0.25, -0.2) is 4.79 Å². The summed E-state index contributed by atoms with van der Waals surface area (Å²) in [7, 11) is 1.28. The Kier molecular flexibility index (Phi) is 7.27. The highest BCUT2D eigenvalue weighted by Gasteiger charge is 2.57. The standard InChI is InChI=1S/C19H32O8/c1-10(2)23-9-13(24-11(3)4)15(21)17-18-16(26-19(5,6)27-18)12(25-17)8-14(20)22-7/h8,10-11,13,15-18,21H,9H2,1-7H3/b12-8+/t13-,15-,16+,17+,18+/m1/s1. The molecule has 156 valence electrons. The van der Waals surface area contributed by atoms with Crippen molar-refractivity contribution >= 4 is 5.97 Å². The van der Waals surface area contributed by atoms with E-state index in [1.54, 1.807) is 13.8 Å². The molecule has 0 saturated carbocycles. The van der Waals surface area contributed by atoms with Gasteiger partial charge in [0.1, 0.15) is 30.2 Å². The molecule has 0 aliphatic carbocycles. The number of rotatable bonds is 8. The van der Waals surface area contributed by atoms with Gasteiger partial charge in [-0.1, -0.05) is 0 Å². The summed E-state index contributed by atoms with van der Waals surface area (Å²) in [6.45, 7) is 11.3. The van der Waals surface area contributed by atoms with E-state index >= 15 is 0 Å². The minimum absolute atomic E-state index is 0.00696. The van der Waals surface area contributed by atoms with Gasteiger partial charge in [0.25, 0.3) is 0 Å². The molecule has 0 aromatic heterocycles. The van der Waals surface area contributed by atoms with Gasteiger partial charge in [-0.15, -0.1) is 0 Å². The van der Waals surface area contributed by atoms with E-state index in [4.69, 9.17) is 23.7 Å². The predicted molar refractivity (Wildman–Crippen MR) is 95.9 cm³/mol. The number of fused-ring (bicyclic) bond motifs is 1. The monoisotopic (exact) mass is 388 g/mol. The van der Waals surface area contributed by atoms with Crippen LogP contribution in [0.3, 0.4) is 0 Å². The number of aliphatic hydroxyl groups is 1. The van der Waals surface area contributed by atoms with Gasteiger partial charge < -0.3 is 33.5 Å². The Morgan fingerprint density at radius 3 is 2.44 bits per heavy atom. The number of methoxy groups -OCH3 is 1. The van der Waals surface area contributed by atoms with E-state index in [0.717, 1.165) is 0 Å². The molecule has 1 N–H and O–H groups in total. The molecule has 0 aromatic carbocycles. The summed E-state index contributed by atoms with van der Waals surface area (Å²) in [6.07, 6.45) is -2.52. The molecule has 0 aromatic rings. The Balaban J connectivity index is 2.22. The SMILES string of the molecule is COC(=O)/C=C1/O[C@@H]([C@H](O)[C@@H](COC(C)C)OC(C)C)[C@H]2OC(C)(C)O[C@@H]12. The normalized spacial score (nSPS) is 30.4. The molecule has 0 bridgehead atoms. The summed E-state index contributed by atoms with van der Waals surface area (Å²) in [5.74, 6) is -1.16. The third-order valence-corrected chi connectivity index (χ3v) is 4.23. The summed E-state index contributed by atoms with van der Waals surface area (Å²) < 4.78 is 33.8. The zero-order valence-electron chi connectivity index (χ0n) is 17.1. The summed E-state index contributed by atoms with van der Waals surface area (Å²) in [4.78, 5) is 11.7. The van der Waals surface area contributed by atoms with Crippen molar-refractivity contribution in [3.05, 3.63) is 11.8 Å². The van der Waals surface area contributed by atoms with E-state index < -0.39 is 42.3 Å². The molecule has 0 radical (unpaired) electrons. The van der Waals surface area contributed by atoms with E-state index in [2.05, 4.69) is 4.74 Å². The fraction of sp³-hybridized carbons (Fsp3) is 0.842. The van der Waals surface area contributed by atoms with Crippen LogP contribution in [0.5, 0.6) is 0 Å². The Bertz CT molecular complexity index is 542. The van der Waals surface area contributed by atoms with E-state index in [0.29, 0.717) is 0 Å². The van der Waals surface area contributed by atoms with Crippen molar-refractivity contribution in [1.29, 1.82) is 0 Å². The number of aliphatic hydroxyl groups excluding tert-OH is 1. The zero-order valence-corrected chi connectivity index (χ0v) is 17.1. The van der Waals surface area contributed by atoms with Gasteiger partial charge in [0.2, 0.25) is 0 Å². The van der Waals surface area contributed by atoms with Crippen molar-refractivity contribution < 1.29 is 38.3 Å².